The minimum Gasteiger partial charge on any atom is -0.441 e. The standard InChI is InChI=1S/C22H20N4O2/c1-16-2-4-17(5-3-16)20-14-24-22(28-20)11-10-21(27)25-18-6-8-19(9-7-18)26-13-12-23-15-26/h2-9,12-15H,10-11H2,1H3,(H,25,27). The van der Waals surface area contributed by atoms with Gasteiger partial charge in [-0.25, -0.2) is 9.97 Å². The first-order valence-corrected chi connectivity index (χ1v) is 9.07. The number of aryl methyl sites for hydroxylation is 2. The van der Waals surface area contributed by atoms with Crippen molar-refractivity contribution in [1.29, 1.82) is 0 Å². The number of anilines is 1. The van der Waals surface area contributed by atoms with E-state index in [-0.39, 0.29) is 5.91 Å². The summed E-state index contributed by atoms with van der Waals surface area (Å²) >= 11 is 0. The number of hydrogen-bond acceptors (Lipinski definition) is 4. The van der Waals surface area contributed by atoms with E-state index in [0.29, 0.717) is 24.5 Å². The summed E-state index contributed by atoms with van der Waals surface area (Å²) in [5, 5.41) is 2.90. The predicted molar refractivity (Wildman–Crippen MR) is 107 cm³/mol. The molecule has 0 bridgehead atoms. The van der Waals surface area contributed by atoms with Gasteiger partial charge in [-0.1, -0.05) is 29.8 Å². The monoisotopic (exact) mass is 372 g/mol. The molecule has 0 saturated carbocycles. The Balaban J connectivity index is 1.31. The first kappa shape index (κ1) is 17.7. The molecule has 0 radical (unpaired) electrons. The third-order valence-electron chi connectivity index (χ3n) is 4.41. The minimum atomic E-state index is -0.0783. The molecule has 1 amide bonds. The van der Waals surface area contributed by atoms with Gasteiger partial charge in [0, 0.05) is 42.2 Å². The van der Waals surface area contributed by atoms with Crippen LogP contribution in [0.1, 0.15) is 17.9 Å². The molecule has 0 atom stereocenters. The van der Waals surface area contributed by atoms with E-state index < -0.39 is 0 Å². The van der Waals surface area contributed by atoms with Crippen molar-refractivity contribution in [3.05, 3.63) is 84.9 Å². The van der Waals surface area contributed by atoms with Crippen LogP contribution in [0.4, 0.5) is 5.69 Å². The molecule has 2 heterocycles. The molecule has 1 N–H and O–H groups in total. The molecule has 0 saturated heterocycles. The quantitative estimate of drug-likeness (QED) is 0.544. The zero-order chi connectivity index (χ0) is 19.3. The summed E-state index contributed by atoms with van der Waals surface area (Å²) < 4.78 is 7.67. The SMILES string of the molecule is Cc1ccc(-c2cnc(CCC(=O)Nc3ccc(-n4ccnc4)cc3)o2)cc1. The van der Waals surface area contributed by atoms with Gasteiger partial charge >= 0.3 is 0 Å². The number of nitrogens with zero attached hydrogens (tertiary/aromatic N) is 3. The lowest BCUT2D eigenvalue weighted by atomic mass is 10.1. The lowest BCUT2D eigenvalue weighted by Crippen LogP contribution is -2.12. The largest absolute Gasteiger partial charge is 0.441 e. The second kappa shape index (κ2) is 7.92. The molecule has 4 aromatic rings. The van der Waals surface area contributed by atoms with Gasteiger partial charge < -0.3 is 14.3 Å². The number of carbonyl (C=O) groups excluding carboxylic acids is 1. The number of aromatic nitrogens is 3. The Bertz CT molecular complexity index is 1050. The van der Waals surface area contributed by atoms with Crippen LogP contribution in [-0.4, -0.2) is 20.4 Å². The highest BCUT2D eigenvalue weighted by Gasteiger charge is 2.09. The van der Waals surface area contributed by atoms with E-state index >= 15 is 0 Å². The van der Waals surface area contributed by atoms with Crippen LogP contribution in [0.5, 0.6) is 0 Å². The van der Waals surface area contributed by atoms with Crippen molar-refractivity contribution in [1.82, 2.24) is 14.5 Å². The maximum absolute atomic E-state index is 12.2. The number of nitrogens with one attached hydrogen (secondary N) is 1. The highest BCUT2D eigenvalue weighted by atomic mass is 16.4. The summed E-state index contributed by atoms with van der Waals surface area (Å²) in [4.78, 5) is 20.5. The van der Waals surface area contributed by atoms with Crippen molar-refractivity contribution < 1.29 is 9.21 Å². The van der Waals surface area contributed by atoms with Crippen LogP contribution in [0.15, 0.2) is 77.9 Å². The normalized spacial score (nSPS) is 10.8. The van der Waals surface area contributed by atoms with E-state index in [1.165, 1.54) is 5.56 Å². The maximum atomic E-state index is 12.2. The van der Waals surface area contributed by atoms with Crippen LogP contribution in [0, 0.1) is 6.92 Å². The van der Waals surface area contributed by atoms with E-state index in [9.17, 15) is 4.79 Å². The molecule has 6 nitrogen and oxygen atoms in total. The van der Waals surface area contributed by atoms with Crippen LogP contribution in [0.3, 0.4) is 0 Å². The first-order valence-electron chi connectivity index (χ1n) is 9.07. The number of benzene rings is 2. The first-order chi connectivity index (χ1) is 13.7. The van der Waals surface area contributed by atoms with Gasteiger partial charge in [0.25, 0.3) is 0 Å². The van der Waals surface area contributed by atoms with Crippen LogP contribution < -0.4 is 5.32 Å². The summed E-state index contributed by atoms with van der Waals surface area (Å²) in [6.07, 6.45) is 7.78. The third-order valence-corrected chi connectivity index (χ3v) is 4.41. The molecule has 0 unspecified atom stereocenters. The lowest BCUT2D eigenvalue weighted by molar-refractivity contribution is -0.116. The molecule has 2 aromatic carbocycles. The maximum Gasteiger partial charge on any atom is 0.224 e. The van der Waals surface area contributed by atoms with E-state index in [1.807, 2.05) is 66.2 Å². The van der Waals surface area contributed by atoms with Gasteiger partial charge in [0.05, 0.1) is 12.5 Å². The molecular formula is C22H20N4O2. The van der Waals surface area contributed by atoms with Crippen LogP contribution in [0.2, 0.25) is 0 Å². The number of rotatable bonds is 6. The van der Waals surface area contributed by atoms with Crippen molar-refractivity contribution in [2.75, 3.05) is 5.32 Å². The summed E-state index contributed by atoms with van der Waals surface area (Å²) in [7, 11) is 0. The zero-order valence-electron chi connectivity index (χ0n) is 15.5. The average molecular weight is 372 g/mol. The third kappa shape index (κ3) is 4.17. The molecule has 0 fully saturated rings. The number of imidazole rings is 1. The Kier molecular flexibility index (Phi) is 5.01. The minimum absolute atomic E-state index is 0.0783. The smallest absolute Gasteiger partial charge is 0.224 e. The van der Waals surface area contributed by atoms with Crippen LogP contribution in [-0.2, 0) is 11.2 Å². The molecule has 0 aliphatic rings. The fourth-order valence-corrected chi connectivity index (χ4v) is 2.85. The second-order valence-corrected chi connectivity index (χ2v) is 6.55. The molecule has 4 rings (SSSR count). The number of carbonyl (C=O) groups is 1. The second-order valence-electron chi connectivity index (χ2n) is 6.55. The molecule has 6 heteroatoms. The molecule has 140 valence electrons. The highest BCUT2D eigenvalue weighted by Crippen LogP contribution is 2.21. The predicted octanol–water partition coefficient (Wildman–Crippen LogP) is 4.41. The van der Waals surface area contributed by atoms with Gasteiger partial charge in [0.1, 0.15) is 0 Å². The Labute approximate surface area is 162 Å². The molecule has 28 heavy (non-hydrogen) atoms. The Morgan fingerprint density at radius 1 is 1.11 bits per heavy atom. The number of hydrogen-bond donors (Lipinski definition) is 1. The lowest BCUT2D eigenvalue weighted by Gasteiger charge is -2.06. The van der Waals surface area contributed by atoms with Crippen molar-refractivity contribution in [2.24, 2.45) is 0 Å². The molecular weight excluding hydrogens is 352 g/mol. The molecule has 2 aromatic heterocycles. The van der Waals surface area contributed by atoms with Crippen LogP contribution in [0.25, 0.3) is 17.0 Å². The van der Waals surface area contributed by atoms with Gasteiger partial charge in [-0.3, -0.25) is 4.79 Å². The van der Waals surface area contributed by atoms with Crippen molar-refractivity contribution in [3.63, 3.8) is 0 Å². The van der Waals surface area contributed by atoms with Gasteiger partial charge in [-0.05, 0) is 31.2 Å². The number of amides is 1. The van der Waals surface area contributed by atoms with Gasteiger partial charge in [-0.2, -0.15) is 0 Å². The highest BCUT2D eigenvalue weighted by molar-refractivity contribution is 5.90. The van der Waals surface area contributed by atoms with Crippen molar-refractivity contribution >= 4 is 11.6 Å². The van der Waals surface area contributed by atoms with E-state index in [0.717, 1.165) is 16.9 Å². The van der Waals surface area contributed by atoms with Crippen molar-refractivity contribution in [3.8, 4) is 17.0 Å². The molecule has 0 aliphatic carbocycles. The Morgan fingerprint density at radius 2 is 1.89 bits per heavy atom. The summed E-state index contributed by atoms with van der Waals surface area (Å²) in [5.41, 5.74) is 3.91. The van der Waals surface area contributed by atoms with E-state index in [1.54, 1.807) is 18.7 Å². The van der Waals surface area contributed by atoms with Gasteiger partial charge in [0.15, 0.2) is 11.7 Å². The summed E-state index contributed by atoms with van der Waals surface area (Å²) in [6, 6.07) is 15.7. The topological polar surface area (TPSA) is 73.0 Å². The Morgan fingerprint density at radius 3 is 2.61 bits per heavy atom. The zero-order valence-corrected chi connectivity index (χ0v) is 15.5. The fourth-order valence-electron chi connectivity index (χ4n) is 2.85. The van der Waals surface area contributed by atoms with Crippen LogP contribution >= 0.6 is 0 Å². The molecule has 0 spiro atoms. The van der Waals surface area contributed by atoms with Crippen molar-refractivity contribution in [2.45, 2.75) is 19.8 Å². The van der Waals surface area contributed by atoms with E-state index in [2.05, 4.69) is 15.3 Å². The number of oxazole rings is 1. The van der Waals surface area contributed by atoms with Gasteiger partial charge in [0.2, 0.25) is 5.91 Å². The summed E-state index contributed by atoms with van der Waals surface area (Å²) in [5.74, 6) is 1.19. The molecule has 0 aliphatic heterocycles. The van der Waals surface area contributed by atoms with Gasteiger partial charge in [-0.15, -0.1) is 0 Å². The van der Waals surface area contributed by atoms with E-state index in [4.69, 9.17) is 4.42 Å². The Hall–Kier alpha value is -3.67. The fraction of sp³-hybridized carbons (Fsp3) is 0.136. The summed E-state index contributed by atoms with van der Waals surface area (Å²) in [6.45, 7) is 2.04. The average Bonchev–Trinajstić information content (AvgIpc) is 3.40.